The number of likely N-dealkylation sites (tertiary alicyclic amines) is 2. The number of ketones is 2. The van der Waals surface area contributed by atoms with Crippen LogP contribution in [-0.4, -0.2) is 139 Å². The smallest absolute Gasteiger partial charge is 0.335 e. The molecule has 5 N–H and O–H groups in total. The number of carbonyl (C=O) groups is 8. The minimum absolute atomic E-state index is 0. The molecule has 5 amide bonds. The van der Waals surface area contributed by atoms with E-state index in [1.807, 2.05) is 28.0 Å². The van der Waals surface area contributed by atoms with Gasteiger partial charge in [-0.1, -0.05) is 80.2 Å². The molecule has 0 aliphatic carbocycles. The van der Waals surface area contributed by atoms with E-state index in [9.17, 15) is 55.9 Å². The Hall–Kier alpha value is -12.8. The third-order valence-electron chi connectivity index (χ3n) is 18.4. The van der Waals surface area contributed by atoms with E-state index in [1.54, 1.807) is 114 Å². The molecule has 107 heavy (non-hydrogen) atoms. The molecule has 0 bridgehead atoms. The third kappa shape index (κ3) is 17.6. The van der Waals surface area contributed by atoms with E-state index < -0.39 is 17.8 Å². The van der Waals surface area contributed by atoms with Gasteiger partial charge in [0.25, 0.3) is 29.5 Å². The Morgan fingerprint density at radius 2 is 0.598 bits per heavy atom. The maximum absolute atomic E-state index is 13.3. The Bertz CT molecular complexity index is 5260. The van der Waals surface area contributed by atoms with Gasteiger partial charge in [-0.15, -0.1) is 0 Å². The van der Waals surface area contributed by atoms with Gasteiger partial charge >= 0.3 is 5.97 Å². The Morgan fingerprint density at radius 3 is 0.879 bits per heavy atom. The fraction of sp³-hybridized carbons (Fsp3) is 0.190. The summed E-state index contributed by atoms with van der Waals surface area (Å²) in [6, 6.07) is 51.0. The molecule has 0 spiro atoms. The van der Waals surface area contributed by atoms with Gasteiger partial charge in [0.1, 0.15) is 46.0 Å². The highest BCUT2D eigenvalue weighted by molar-refractivity contribution is 6.08. The second-order valence-corrected chi connectivity index (χ2v) is 25.6. The minimum Gasteiger partial charge on any atom is -0.478 e. The number of fused-ring (bicyclic) bond motifs is 4. The predicted octanol–water partition coefficient (Wildman–Crippen LogP) is 15.4. The van der Waals surface area contributed by atoms with Crippen LogP contribution >= 0.6 is 0 Å². The van der Waals surface area contributed by atoms with Gasteiger partial charge in [0.2, 0.25) is 0 Å². The number of piperidine rings is 1. The number of carbonyl (C=O) groups excluding carboxylic acids is 7. The van der Waals surface area contributed by atoms with E-state index in [1.165, 1.54) is 80.6 Å². The Labute approximate surface area is 612 Å². The number of Topliss-reactive ketones (excluding diaryl/α,β-unsaturated/α-hetero) is 2. The molecule has 23 heteroatoms. The lowest BCUT2D eigenvalue weighted by atomic mass is 9.98. The van der Waals surface area contributed by atoms with Gasteiger partial charge in [0.05, 0.1) is 40.8 Å². The van der Waals surface area contributed by atoms with Crippen LogP contribution in [-0.2, 0) is 4.74 Å². The molecule has 0 unspecified atom stereocenters. The Balaban J connectivity index is 0.000000142. The second-order valence-electron chi connectivity index (χ2n) is 25.6. The number of morpholine rings is 1. The standard InChI is InChI=1S/C23H21FN2O2.C22H19FN2O3.C21H18FN3O2.C17H11FN2O3.CH4/c1-15(27)21-14-20(16-5-8-18(24)9-6-16)19-10-7-17(13-22(19)25-21)23(28)26-11-3-2-4-12-26;1-14(26)20-13-19(15-2-5-17(23)6-3-15)18-7-4-16(12-21(18)24-20)22(27)25-8-10-28-11-9-25;22-15-6-3-13(4-7-15)17-12-19(20(23)26)24-18-11-14(5-8-16(17)18)21(27)25-9-1-2-10-25;18-11-4-1-9(2-5-11)13-8-15(16(19)21)20-14-7-10(17(22)23)3-6-12(13)14;/h5-10,13-14H,2-4,11-12H2,1H3;2-7,12-13H,8-11H2,1H3;3-8,11-12H,1-2,9-10H2,(H2,23,26);1-8H,(H2,19,21)(H,22,23);1H4. The molecule has 12 aromatic rings. The maximum atomic E-state index is 13.3. The van der Waals surface area contributed by atoms with Crippen molar-refractivity contribution >= 4 is 90.7 Å². The van der Waals surface area contributed by atoms with Crippen LogP contribution in [0.5, 0.6) is 0 Å². The minimum atomic E-state index is -1.10. The largest absolute Gasteiger partial charge is 0.478 e. The molecule has 0 radical (unpaired) electrons. The maximum Gasteiger partial charge on any atom is 0.335 e. The van der Waals surface area contributed by atoms with Crippen molar-refractivity contribution in [2.24, 2.45) is 11.5 Å². The van der Waals surface area contributed by atoms with Crippen molar-refractivity contribution in [3.8, 4) is 44.5 Å². The van der Waals surface area contributed by atoms with E-state index >= 15 is 0 Å². The van der Waals surface area contributed by atoms with Gasteiger partial charge in [-0.2, -0.15) is 0 Å². The first kappa shape index (κ1) is 75.4. The van der Waals surface area contributed by atoms with E-state index in [4.69, 9.17) is 21.3 Å². The van der Waals surface area contributed by atoms with Crippen LogP contribution in [0.2, 0.25) is 0 Å². The van der Waals surface area contributed by atoms with Gasteiger partial charge in [-0.25, -0.2) is 42.3 Å². The zero-order valence-corrected chi connectivity index (χ0v) is 57.6. The number of hydrogen-bond donors (Lipinski definition) is 3. The number of nitrogens with zero attached hydrogens (tertiary/aromatic N) is 7. The number of nitrogens with two attached hydrogens (primary N) is 2. The molecule has 15 rings (SSSR count). The second kappa shape index (κ2) is 33.3. The molecule has 542 valence electrons. The molecule has 3 aliphatic heterocycles. The van der Waals surface area contributed by atoms with Crippen molar-refractivity contribution in [2.75, 3.05) is 52.5 Å². The van der Waals surface area contributed by atoms with Crippen molar-refractivity contribution < 1.29 is 65.8 Å². The number of pyridine rings is 4. The quantitative estimate of drug-likeness (QED) is 0.0758. The first-order valence-electron chi connectivity index (χ1n) is 34.2. The lowest BCUT2D eigenvalue weighted by Gasteiger charge is -2.27. The van der Waals surface area contributed by atoms with Crippen molar-refractivity contribution in [3.63, 3.8) is 0 Å². The predicted molar refractivity (Wildman–Crippen MR) is 401 cm³/mol. The van der Waals surface area contributed by atoms with E-state index in [0.29, 0.717) is 98.5 Å². The normalized spacial score (nSPS) is 13.3. The number of halogens is 4. The highest BCUT2D eigenvalue weighted by Crippen LogP contribution is 2.35. The summed E-state index contributed by atoms with van der Waals surface area (Å²) in [7, 11) is 0. The molecular formula is C84H73F4N9O10. The number of aromatic nitrogens is 4. The molecule has 19 nitrogen and oxygen atoms in total. The number of aromatic carboxylic acids is 1. The average molecular weight is 1440 g/mol. The molecule has 3 fully saturated rings. The highest BCUT2D eigenvalue weighted by atomic mass is 19.1. The molecule has 3 aliphatic rings. The summed E-state index contributed by atoms with van der Waals surface area (Å²) in [6.45, 7) is 8.14. The van der Waals surface area contributed by atoms with Gasteiger partial charge in [0, 0.05) is 91.4 Å². The van der Waals surface area contributed by atoms with Crippen LogP contribution in [0.1, 0.15) is 137 Å². The number of carboxylic acid groups (broad SMARTS) is 1. The van der Waals surface area contributed by atoms with Crippen molar-refractivity contribution in [1.82, 2.24) is 34.6 Å². The first-order chi connectivity index (χ1) is 51.0. The van der Waals surface area contributed by atoms with Crippen LogP contribution in [0.25, 0.3) is 88.1 Å². The summed E-state index contributed by atoms with van der Waals surface area (Å²) >= 11 is 0. The third-order valence-corrected chi connectivity index (χ3v) is 18.4. The summed E-state index contributed by atoms with van der Waals surface area (Å²) in [5, 5.41) is 12.1. The number of benzene rings is 8. The molecule has 4 aromatic heterocycles. The fourth-order valence-corrected chi connectivity index (χ4v) is 12.9. The van der Waals surface area contributed by atoms with Crippen LogP contribution in [0.4, 0.5) is 17.6 Å². The van der Waals surface area contributed by atoms with Gasteiger partial charge in [0.15, 0.2) is 11.6 Å². The van der Waals surface area contributed by atoms with Crippen LogP contribution in [0.3, 0.4) is 0 Å². The van der Waals surface area contributed by atoms with E-state index in [0.717, 1.165) is 102 Å². The molecular weight excluding hydrogens is 1370 g/mol. The van der Waals surface area contributed by atoms with Gasteiger partial charge < -0.3 is 36.0 Å². The SMILES string of the molecule is C.CC(=O)c1cc(-c2ccc(F)cc2)c2ccc(C(=O)N3CCCCC3)cc2n1.CC(=O)c1cc(-c2ccc(F)cc2)c2ccc(C(=O)N3CCOCC3)cc2n1.NC(=O)c1cc(-c2ccc(F)cc2)c2ccc(C(=O)N3CCCC3)cc2n1.NC(=O)c1cc(-c2ccc(F)cc2)c2ccc(C(=O)O)cc2n1. The number of ether oxygens (including phenoxy) is 1. The topological polar surface area (TPSA) is 279 Å². The molecule has 0 atom stereocenters. The van der Waals surface area contributed by atoms with Crippen molar-refractivity contribution in [1.29, 1.82) is 0 Å². The number of hydrogen-bond acceptors (Lipinski definition) is 13. The van der Waals surface area contributed by atoms with Crippen LogP contribution in [0, 0.1) is 23.3 Å². The van der Waals surface area contributed by atoms with Crippen LogP contribution < -0.4 is 11.5 Å². The highest BCUT2D eigenvalue weighted by Gasteiger charge is 2.25. The zero-order valence-electron chi connectivity index (χ0n) is 57.6. The average Bonchev–Trinajstić information content (AvgIpc) is 1.01. The molecule has 7 heterocycles. The number of amides is 5. The molecule has 3 saturated heterocycles. The molecule has 0 saturated carbocycles. The summed E-state index contributed by atoms with van der Waals surface area (Å²) < 4.78 is 58.4. The van der Waals surface area contributed by atoms with Gasteiger partial charge in [-0.3, -0.25) is 33.6 Å². The lowest BCUT2D eigenvalue weighted by molar-refractivity contribution is 0.0303. The number of primary amides is 2. The first-order valence-corrected chi connectivity index (χ1v) is 34.2. The molecule has 8 aromatic carbocycles. The number of carboxylic acids is 1. The summed E-state index contributed by atoms with van der Waals surface area (Å²) in [5.41, 5.74) is 21.1. The summed E-state index contributed by atoms with van der Waals surface area (Å²) in [4.78, 5) is 119. The van der Waals surface area contributed by atoms with E-state index in [2.05, 4.69) is 19.9 Å². The number of rotatable bonds is 12. The van der Waals surface area contributed by atoms with E-state index in [-0.39, 0.29) is 76.9 Å². The van der Waals surface area contributed by atoms with Crippen molar-refractivity contribution in [2.45, 2.75) is 53.4 Å². The fourth-order valence-electron chi connectivity index (χ4n) is 12.9. The Kier molecular flexibility index (Phi) is 23.5. The summed E-state index contributed by atoms with van der Waals surface area (Å²) in [6.07, 6.45) is 5.24. The monoisotopic (exact) mass is 1440 g/mol. The van der Waals surface area contributed by atoms with Crippen molar-refractivity contribution in [3.05, 3.63) is 262 Å². The summed E-state index contributed by atoms with van der Waals surface area (Å²) in [5.74, 6) is -4.29. The Morgan fingerprint density at radius 1 is 0.346 bits per heavy atom. The lowest BCUT2D eigenvalue weighted by Crippen LogP contribution is -2.40. The van der Waals surface area contributed by atoms with Gasteiger partial charge in [-0.05, 0) is 198 Å². The zero-order chi connectivity index (χ0) is 74.9. The van der Waals surface area contributed by atoms with Crippen LogP contribution in [0.15, 0.2) is 194 Å².